The van der Waals surface area contributed by atoms with E-state index in [0.29, 0.717) is 21.9 Å². The number of ether oxygens (including phenoxy) is 1. The van der Waals surface area contributed by atoms with Gasteiger partial charge in [0.25, 0.3) is 0 Å². The van der Waals surface area contributed by atoms with Gasteiger partial charge in [-0.05, 0) is 42.8 Å². The van der Waals surface area contributed by atoms with Gasteiger partial charge in [0.05, 0.1) is 7.11 Å². The highest BCUT2D eigenvalue weighted by Gasteiger charge is 2.21. The molecule has 27 heavy (non-hydrogen) atoms. The third-order valence-corrected chi connectivity index (χ3v) is 5.16. The summed E-state index contributed by atoms with van der Waals surface area (Å²) in [5.74, 6) is 0.478. The van der Waals surface area contributed by atoms with Crippen LogP contribution in [0.4, 0.5) is 5.00 Å². The van der Waals surface area contributed by atoms with Gasteiger partial charge in [-0.2, -0.15) is 0 Å². The lowest BCUT2D eigenvalue weighted by Gasteiger charge is -2.06. The Hall–Kier alpha value is -2.64. The van der Waals surface area contributed by atoms with Crippen LogP contribution in [0.1, 0.15) is 21.9 Å². The fourth-order valence-electron chi connectivity index (χ4n) is 2.45. The summed E-state index contributed by atoms with van der Waals surface area (Å²) >= 11 is 4.66. The van der Waals surface area contributed by atoms with Crippen LogP contribution in [-0.4, -0.2) is 19.0 Å². The molecule has 0 aliphatic heterocycles. The first kappa shape index (κ1) is 19.1. The van der Waals surface area contributed by atoms with Crippen molar-refractivity contribution in [3.63, 3.8) is 0 Å². The Balaban J connectivity index is 1.86. The zero-order valence-electron chi connectivity index (χ0n) is 14.6. The lowest BCUT2D eigenvalue weighted by Crippen LogP contribution is -2.11. The van der Waals surface area contributed by atoms with E-state index in [2.05, 4.69) is 21.2 Å². The highest BCUT2D eigenvalue weighted by atomic mass is 79.9. The van der Waals surface area contributed by atoms with E-state index >= 15 is 0 Å². The number of rotatable bonds is 5. The SMILES string of the molecule is COC(=O)c1c(-c2ccc(Br)cc2)csc1NC(=O)C=Cc1ccc(C)o1. The van der Waals surface area contributed by atoms with Gasteiger partial charge in [-0.25, -0.2) is 4.79 Å². The van der Waals surface area contributed by atoms with Gasteiger partial charge < -0.3 is 14.5 Å². The standard InChI is InChI=1S/C20H16BrNO4S/c1-12-3-8-15(26-12)9-10-17(23)22-19-18(20(24)25-2)16(11-27-19)13-4-6-14(21)7-5-13/h3-11H,1-2H3,(H,22,23). The van der Waals surface area contributed by atoms with Crippen molar-refractivity contribution in [1.82, 2.24) is 0 Å². The molecular weight excluding hydrogens is 430 g/mol. The van der Waals surface area contributed by atoms with Crippen molar-refractivity contribution in [3.05, 3.63) is 69.4 Å². The minimum atomic E-state index is -0.505. The Labute approximate surface area is 168 Å². The van der Waals surface area contributed by atoms with Crippen molar-refractivity contribution >= 4 is 50.2 Å². The first-order valence-electron chi connectivity index (χ1n) is 7.99. The molecule has 3 rings (SSSR count). The molecule has 0 unspecified atom stereocenters. The van der Waals surface area contributed by atoms with E-state index in [-0.39, 0.29) is 5.91 Å². The number of halogens is 1. The van der Waals surface area contributed by atoms with E-state index in [4.69, 9.17) is 9.15 Å². The summed E-state index contributed by atoms with van der Waals surface area (Å²) < 4.78 is 11.2. The molecule has 138 valence electrons. The fraction of sp³-hybridized carbons (Fsp3) is 0.100. The molecule has 0 radical (unpaired) electrons. The smallest absolute Gasteiger partial charge is 0.341 e. The van der Waals surface area contributed by atoms with E-state index in [0.717, 1.165) is 15.8 Å². The molecule has 0 fully saturated rings. The predicted octanol–water partition coefficient (Wildman–Crippen LogP) is 5.52. The number of anilines is 1. The van der Waals surface area contributed by atoms with Gasteiger partial charge in [-0.3, -0.25) is 4.79 Å². The summed E-state index contributed by atoms with van der Waals surface area (Å²) in [4.78, 5) is 24.6. The molecule has 0 saturated carbocycles. The lowest BCUT2D eigenvalue weighted by atomic mass is 10.0. The fourth-order valence-corrected chi connectivity index (χ4v) is 3.68. The van der Waals surface area contributed by atoms with Gasteiger partial charge in [0.15, 0.2) is 0 Å². The number of nitrogens with one attached hydrogen (secondary N) is 1. The van der Waals surface area contributed by atoms with Crippen molar-refractivity contribution < 1.29 is 18.7 Å². The molecular formula is C20H16BrNO4S. The molecule has 0 saturated heterocycles. The second kappa shape index (κ2) is 8.37. The third kappa shape index (κ3) is 4.56. The van der Waals surface area contributed by atoms with E-state index in [1.165, 1.54) is 24.5 Å². The van der Waals surface area contributed by atoms with Gasteiger partial charge in [0.1, 0.15) is 22.1 Å². The van der Waals surface area contributed by atoms with Crippen LogP contribution >= 0.6 is 27.3 Å². The largest absolute Gasteiger partial charge is 0.465 e. The average Bonchev–Trinajstić information content (AvgIpc) is 3.26. The van der Waals surface area contributed by atoms with Crippen LogP contribution in [0, 0.1) is 6.92 Å². The predicted molar refractivity (Wildman–Crippen MR) is 110 cm³/mol. The summed E-state index contributed by atoms with van der Waals surface area (Å²) in [5.41, 5.74) is 1.90. The molecule has 0 spiro atoms. The summed E-state index contributed by atoms with van der Waals surface area (Å²) in [6.07, 6.45) is 2.93. The quantitative estimate of drug-likeness (QED) is 0.414. The minimum absolute atomic E-state index is 0.334. The Morgan fingerprint density at radius 2 is 1.93 bits per heavy atom. The molecule has 5 nitrogen and oxygen atoms in total. The highest BCUT2D eigenvalue weighted by Crippen LogP contribution is 2.36. The number of hydrogen-bond donors (Lipinski definition) is 1. The number of esters is 1. The second-order valence-corrected chi connectivity index (χ2v) is 7.42. The van der Waals surface area contributed by atoms with Crippen LogP contribution in [0.25, 0.3) is 17.2 Å². The Morgan fingerprint density at radius 1 is 1.19 bits per heavy atom. The molecule has 3 aromatic rings. The molecule has 0 atom stereocenters. The summed E-state index contributed by atoms with van der Waals surface area (Å²) in [5, 5.41) is 5.00. The average molecular weight is 446 g/mol. The second-order valence-electron chi connectivity index (χ2n) is 5.62. The lowest BCUT2D eigenvalue weighted by molar-refractivity contribution is -0.111. The topological polar surface area (TPSA) is 68.5 Å². The maximum absolute atomic E-state index is 12.3. The van der Waals surface area contributed by atoms with Gasteiger partial charge in [-0.15, -0.1) is 11.3 Å². The number of carbonyl (C=O) groups excluding carboxylic acids is 2. The number of furan rings is 1. The van der Waals surface area contributed by atoms with Crippen LogP contribution < -0.4 is 5.32 Å². The molecule has 0 aliphatic carbocycles. The zero-order valence-corrected chi connectivity index (χ0v) is 17.0. The van der Waals surface area contributed by atoms with Crippen LogP contribution in [0.2, 0.25) is 0 Å². The maximum atomic E-state index is 12.3. The minimum Gasteiger partial charge on any atom is -0.465 e. The molecule has 0 bridgehead atoms. The molecule has 2 heterocycles. The molecule has 7 heteroatoms. The van der Waals surface area contributed by atoms with Crippen molar-refractivity contribution in [2.24, 2.45) is 0 Å². The van der Waals surface area contributed by atoms with Crippen molar-refractivity contribution in [3.8, 4) is 11.1 Å². The Bertz CT molecular complexity index is 1000. The van der Waals surface area contributed by atoms with E-state index < -0.39 is 5.97 Å². The number of carbonyl (C=O) groups is 2. The van der Waals surface area contributed by atoms with Crippen molar-refractivity contribution in [1.29, 1.82) is 0 Å². The molecule has 1 N–H and O–H groups in total. The number of amides is 1. The van der Waals surface area contributed by atoms with E-state index in [1.54, 1.807) is 12.1 Å². The maximum Gasteiger partial charge on any atom is 0.341 e. The molecule has 0 aliphatic rings. The van der Waals surface area contributed by atoms with Gasteiger partial charge in [0.2, 0.25) is 5.91 Å². The first-order chi connectivity index (χ1) is 13.0. The molecule has 1 amide bonds. The molecule has 1 aromatic carbocycles. The summed E-state index contributed by atoms with van der Waals surface area (Å²) in [6.45, 7) is 1.83. The van der Waals surface area contributed by atoms with E-state index in [1.807, 2.05) is 42.6 Å². The third-order valence-electron chi connectivity index (χ3n) is 3.73. The summed E-state index contributed by atoms with van der Waals surface area (Å²) in [6, 6.07) is 11.2. The van der Waals surface area contributed by atoms with Crippen LogP contribution in [-0.2, 0) is 9.53 Å². The number of aryl methyl sites for hydroxylation is 1. The van der Waals surface area contributed by atoms with E-state index in [9.17, 15) is 9.59 Å². The first-order valence-corrected chi connectivity index (χ1v) is 9.66. The monoisotopic (exact) mass is 445 g/mol. The van der Waals surface area contributed by atoms with Crippen LogP contribution in [0.3, 0.4) is 0 Å². The van der Waals surface area contributed by atoms with Crippen LogP contribution in [0.5, 0.6) is 0 Å². The normalized spacial score (nSPS) is 10.9. The molecule has 2 aromatic heterocycles. The number of thiophene rings is 1. The van der Waals surface area contributed by atoms with Crippen molar-refractivity contribution in [2.75, 3.05) is 12.4 Å². The number of hydrogen-bond acceptors (Lipinski definition) is 5. The van der Waals surface area contributed by atoms with Crippen LogP contribution in [0.15, 0.2) is 56.7 Å². The van der Waals surface area contributed by atoms with Gasteiger partial charge in [-0.1, -0.05) is 28.1 Å². The highest BCUT2D eigenvalue weighted by molar-refractivity contribution is 9.10. The van der Waals surface area contributed by atoms with Gasteiger partial charge in [0, 0.05) is 21.5 Å². The summed E-state index contributed by atoms with van der Waals surface area (Å²) in [7, 11) is 1.32. The Morgan fingerprint density at radius 3 is 2.56 bits per heavy atom. The number of methoxy groups -OCH3 is 1. The van der Waals surface area contributed by atoms with Crippen molar-refractivity contribution in [2.45, 2.75) is 6.92 Å². The number of benzene rings is 1. The Kier molecular flexibility index (Phi) is 5.93. The van der Waals surface area contributed by atoms with Gasteiger partial charge >= 0.3 is 5.97 Å². The zero-order chi connectivity index (χ0) is 19.4.